The number of anilines is 2. The van der Waals surface area contributed by atoms with E-state index in [2.05, 4.69) is 70.2 Å². The van der Waals surface area contributed by atoms with Gasteiger partial charge >= 0.3 is 0 Å². The minimum Gasteiger partial charge on any atom is -0.382 e. The van der Waals surface area contributed by atoms with Gasteiger partial charge in [-0.05, 0) is 61.4 Å². The van der Waals surface area contributed by atoms with Crippen LogP contribution in [0.5, 0.6) is 0 Å². The van der Waals surface area contributed by atoms with Crippen LogP contribution in [0.3, 0.4) is 0 Å². The van der Waals surface area contributed by atoms with Crippen LogP contribution >= 0.6 is 11.6 Å². The summed E-state index contributed by atoms with van der Waals surface area (Å²) < 4.78 is 0. The van der Waals surface area contributed by atoms with Crippen LogP contribution in [-0.2, 0) is 0 Å². The van der Waals surface area contributed by atoms with Crippen LogP contribution in [0.2, 0.25) is 5.02 Å². The summed E-state index contributed by atoms with van der Waals surface area (Å²) >= 11 is 6.11. The Kier molecular flexibility index (Phi) is 4.99. The SMILES string of the molecule is Clc1ccc2c(N[C@H]3CC[C@@H](Nc4cccc5ccccc45)CC3)ccnc2c1. The summed E-state index contributed by atoms with van der Waals surface area (Å²) in [6, 6.07) is 24.1. The van der Waals surface area contributed by atoms with Gasteiger partial charge in [0.25, 0.3) is 0 Å². The molecular weight excluding hydrogens is 378 g/mol. The van der Waals surface area contributed by atoms with Gasteiger partial charge in [0.1, 0.15) is 0 Å². The first kappa shape index (κ1) is 18.3. The standard InChI is InChI=1S/C25H24ClN3/c26-18-8-13-22-24(14-15-27-25(22)16-18)29-20-11-9-19(10-12-20)28-23-7-3-5-17-4-1-2-6-21(17)23/h1-8,13-16,19-20,28H,9-12H2,(H,27,29)/t19-,20+. The van der Waals surface area contributed by atoms with Crippen LogP contribution in [0, 0.1) is 0 Å². The summed E-state index contributed by atoms with van der Waals surface area (Å²) in [4.78, 5) is 4.45. The maximum atomic E-state index is 6.11. The molecule has 0 aliphatic heterocycles. The van der Waals surface area contributed by atoms with Gasteiger partial charge in [-0.3, -0.25) is 4.98 Å². The molecule has 1 aliphatic carbocycles. The highest BCUT2D eigenvalue weighted by Gasteiger charge is 2.22. The van der Waals surface area contributed by atoms with Crippen molar-refractivity contribution in [2.24, 2.45) is 0 Å². The van der Waals surface area contributed by atoms with Gasteiger partial charge in [0.05, 0.1) is 5.52 Å². The quantitative estimate of drug-likeness (QED) is 0.391. The van der Waals surface area contributed by atoms with Gasteiger partial charge in [0.15, 0.2) is 0 Å². The number of fused-ring (bicyclic) bond motifs is 2. The van der Waals surface area contributed by atoms with Gasteiger partial charge in [-0.2, -0.15) is 0 Å². The molecule has 29 heavy (non-hydrogen) atoms. The minimum absolute atomic E-state index is 0.488. The van der Waals surface area contributed by atoms with Crippen molar-refractivity contribution in [3.8, 4) is 0 Å². The van der Waals surface area contributed by atoms with Gasteiger partial charge < -0.3 is 10.6 Å². The molecule has 1 fully saturated rings. The summed E-state index contributed by atoms with van der Waals surface area (Å²) in [7, 11) is 0. The molecule has 2 N–H and O–H groups in total. The number of nitrogens with zero attached hydrogens (tertiary/aromatic N) is 1. The molecule has 0 unspecified atom stereocenters. The maximum Gasteiger partial charge on any atom is 0.0737 e. The number of benzene rings is 3. The van der Waals surface area contributed by atoms with Gasteiger partial charge in [-0.15, -0.1) is 0 Å². The van der Waals surface area contributed by atoms with Crippen molar-refractivity contribution in [1.29, 1.82) is 0 Å². The molecule has 3 aromatic carbocycles. The first-order valence-corrected chi connectivity index (χ1v) is 10.7. The molecule has 0 atom stereocenters. The van der Waals surface area contributed by atoms with Crippen molar-refractivity contribution in [3.05, 3.63) is 77.9 Å². The summed E-state index contributed by atoms with van der Waals surface area (Å²) in [5.41, 5.74) is 3.34. The molecule has 0 amide bonds. The average Bonchev–Trinajstić information content (AvgIpc) is 2.75. The number of hydrogen-bond acceptors (Lipinski definition) is 3. The number of pyridine rings is 1. The Labute approximate surface area is 176 Å². The van der Waals surface area contributed by atoms with E-state index in [9.17, 15) is 0 Å². The predicted octanol–water partition coefficient (Wildman–Crippen LogP) is 6.88. The molecule has 4 heteroatoms. The van der Waals surface area contributed by atoms with Crippen LogP contribution in [-0.4, -0.2) is 17.1 Å². The smallest absolute Gasteiger partial charge is 0.0737 e. The minimum atomic E-state index is 0.488. The molecule has 1 heterocycles. The van der Waals surface area contributed by atoms with Gasteiger partial charge in [0, 0.05) is 45.5 Å². The van der Waals surface area contributed by atoms with E-state index in [1.165, 1.54) is 16.5 Å². The fraction of sp³-hybridized carbons (Fsp3) is 0.240. The monoisotopic (exact) mass is 401 g/mol. The van der Waals surface area contributed by atoms with Crippen LogP contribution < -0.4 is 10.6 Å². The summed E-state index contributed by atoms with van der Waals surface area (Å²) in [6.45, 7) is 0. The highest BCUT2D eigenvalue weighted by Crippen LogP contribution is 2.30. The van der Waals surface area contributed by atoms with E-state index in [-0.39, 0.29) is 0 Å². The van der Waals surface area contributed by atoms with Crippen LogP contribution in [0.1, 0.15) is 25.7 Å². The second-order valence-corrected chi connectivity index (χ2v) is 8.32. The Morgan fingerprint density at radius 3 is 2.21 bits per heavy atom. The second-order valence-electron chi connectivity index (χ2n) is 7.88. The van der Waals surface area contributed by atoms with E-state index in [1.54, 1.807) is 0 Å². The maximum absolute atomic E-state index is 6.11. The second kappa shape index (κ2) is 7.92. The Morgan fingerprint density at radius 2 is 1.41 bits per heavy atom. The van der Waals surface area contributed by atoms with Crippen LogP contribution in [0.15, 0.2) is 72.9 Å². The lowest BCUT2D eigenvalue weighted by atomic mass is 9.90. The molecule has 1 aromatic heterocycles. The highest BCUT2D eigenvalue weighted by molar-refractivity contribution is 6.31. The number of rotatable bonds is 4. The third kappa shape index (κ3) is 3.88. The van der Waals surface area contributed by atoms with Gasteiger partial charge in [-0.1, -0.05) is 48.0 Å². The largest absolute Gasteiger partial charge is 0.382 e. The van der Waals surface area contributed by atoms with Crippen molar-refractivity contribution in [1.82, 2.24) is 4.98 Å². The van der Waals surface area contributed by atoms with E-state index in [0.717, 1.165) is 47.3 Å². The zero-order valence-electron chi connectivity index (χ0n) is 16.2. The first-order chi connectivity index (χ1) is 14.3. The van der Waals surface area contributed by atoms with Crippen molar-refractivity contribution < 1.29 is 0 Å². The molecule has 3 nitrogen and oxygen atoms in total. The third-order valence-electron chi connectivity index (χ3n) is 5.94. The molecule has 1 saturated carbocycles. The van der Waals surface area contributed by atoms with Crippen molar-refractivity contribution in [2.75, 3.05) is 10.6 Å². The highest BCUT2D eigenvalue weighted by atomic mass is 35.5. The van der Waals surface area contributed by atoms with E-state index >= 15 is 0 Å². The zero-order chi connectivity index (χ0) is 19.6. The number of nitrogens with one attached hydrogen (secondary N) is 2. The topological polar surface area (TPSA) is 37.0 Å². The molecule has 1 aliphatic rings. The molecule has 0 radical (unpaired) electrons. The summed E-state index contributed by atoms with van der Waals surface area (Å²) in [6.07, 6.45) is 6.49. The molecule has 0 saturated heterocycles. The van der Waals surface area contributed by atoms with Gasteiger partial charge in [-0.25, -0.2) is 0 Å². The third-order valence-corrected chi connectivity index (χ3v) is 6.18. The summed E-state index contributed by atoms with van der Waals surface area (Å²) in [5, 5.41) is 12.0. The summed E-state index contributed by atoms with van der Waals surface area (Å²) in [5.74, 6) is 0. The lowest BCUT2D eigenvalue weighted by molar-refractivity contribution is 0.429. The normalized spacial score (nSPS) is 19.3. The zero-order valence-corrected chi connectivity index (χ0v) is 17.0. The Hall–Kier alpha value is -2.78. The molecule has 146 valence electrons. The molecular formula is C25H24ClN3. The molecule has 0 bridgehead atoms. The van der Waals surface area contributed by atoms with E-state index in [1.807, 2.05) is 18.3 Å². The van der Waals surface area contributed by atoms with E-state index in [4.69, 9.17) is 11.6 Å². The number of hydrogen-bond donors (Lipinski definition) is 2. The lowest BCUT2D eigenvalue weighted by Crippen LogP contribution is -2.32. The number of halogens is 1. The van der Waals surface area contributed by atoms with Crippen molar-refractivity contribution in [3.63, 3.8) is 0 Å². The van der Waals surface area contributed by atoms with Crippen molar-refractivity contribution >= 4 is 44.7 Å². The fourth-order valence-electron chi connectivity index (χ4n) is 4.42. The van der Waals surface area contributed by atoms with Crippen LogP contribution in [0.25, 0.3) is 21.7 Å². The first-order valence-electron chi connectivity index (χ1n) is 10.3. The number of aromatic nitrogens is 1. The molecule has 0 spiro atoms. The van der Waals surface area contributed by atoms with Crippen molar-refractivity contribution in [2.45, 2.75) is 37.8 Å². The van der Waals surface area contributed by atoms with E-state index < -0.39 is 0 Å². The van der Waals surface area contributed by atoms with Gasteiger partial charge in [0.2, 0.25) is 0 Å². The van der Waals surface area contributed by atoms with Crippen LogP contribution in [0.4, 0.5) is 11.4 Å². The Morgan fingerprint density at radius 1 is 0.724 bits per heavy atom. The average molecular weight is 402 g/mol. The Bertz CT molecular complexity index is 1140. The molecule has 5 rings (SSSR count). The predicted molar refractivity (Wildman–Crippen MR) is 124 cm³/mol. The Balaban J connectivity index is 1.25. The molecule has 4 aromatic rings. The lowest BCUT2D eigenvalue weighted by Gasteiger charge is -2.31. The fourth-order valence-corrected chi connectivity index (χ4v) is 4.59. The van der Waals surface area contributed by atoms with E-state index in [0.29, 0.717) is 12.1 Å².